The van der Waals surface area contributed by atoms with Crippen LogP contribution in [0.2, 0.25) is 10.0 Å². The van der Waals surface area contributed by atoms with E-state index in [-0.39, 0.29) is 19.3 Å². The lowest BCUT2D eigenvalue weighted by Gasteiger charge is -2.14. The number of benzene rings is 1. The number of rotatable bonds is 5. The lowest BCUT2D eigenvalue weighted by molar-refractivity contribution is 0.170. The second kappa shape index (κ2) is 6.30. The van der Waals surface area contributed by atoms with Gasteiger partial charge in [0.25, 0.3) is 0 Å². The second-order valence-electron chi connectivity index (χ2n) is 3.14. The Morgan fingerprint density at radius 1 is 1.13 bits per heavy atom. The quantitative estimate of drug-likeness (QED) is 0.741. The highest BCUT2D eigenvalue weighted by Gasteiger charge is 2.08. The molecule has 0 aliphatic rings. The zero-order valence-corrected chi connectivity index (χ0v) is 9.59. The van der Waals surface area contributed by atoms with E-state index in [0.717, 1.165) is 5.56 Å². The van der Waals surface area contributed by atoms with Gasteiger partial charge >= 0.3 is 0 Å². The Bertz CT molecular complexity index is 296. The fourth-order valence-electron chi connectivity index (χ4n) is 1.13. The van der Waals surface area contributed by atoms with Gasteiger partial charge in [-0.2, -0.15) is 0 Å². The van der Waals surface area contributed by atoms with Gasteiger partial charge in [0.15, 0.2) is 0 Å². The number of aliphatic hydroxyl groups is 2. The summed E-state index contributed by atoms with van der Waals surface area (Å²) in [7, 11) is 0. The van der Waals surface area contributed by atoms with Crippen molar-refractivity contribution in [3.8, 4) is 0 Å². The number of hydrogen-bond acceptors (Lipinski definition) is 3. The zero-order valence-electron chi connectivity index (χ0n) is 8.08. The van der Waals surface area contributed by atoms with Crippen LogP contribution in [0.5, 0.6) is 0 Å². The normalized spacial score (nSPS) is 11.0. The molecule has 0 aliphatic heterocycles. The molecule has 0 radical (unpaired) electrons. The fraction of sp³-hybridized carbons (Fsp3) is 0.400. The van der Waals surface area contributed by atoms with Gasteiger partial charge in [-0.3, -0.25) is 0 Å². The molecule has 0 aliphatic carbocycles. The third-order valence-electron chi connectivity index (χ3n) is 2.07. The minimum Gasteiger partial charge on any atom is -0.395 e. The van der Waals surface area contributed by atoms with Crippen molar-refractivity contribution in [3.05, 3.63) is 33.8 Å². The number of hydrogen-bond donors (Lipinski definition) is 3. The smallest absolute Gasteiger partial charge is 0.0607 e. The van der Waals surface area contributed by atoms with Gasteiger partial charge in [-0.05, 0) is 12.1 Å². The molecular weight excluding hydrogens is 237 g/mol. The summed E-state index contributed by atoms with van der Waals surface area (Å²) in [6.07, 6.45) is 0. The van der Waals surface area contributed by atoms with Crippen LogP contribution in [-0.2, 0) is 6.54 Å². The van der Waals surface area contributed by atoms with E-state index >= 15 is 0 Å². The van der Waals surface area contributed by atoms with Crippen LogP contribution in [0.25, 0.3) is 0 Å². The van der Waals surface area contributed by atoms with Gasteiger partial charge in [0, 0.05) is 22.2 Å². The Morgan fingerprint density at radius 2 is 1.67 bits per heavy atom. The monoisotopic (exact) mass is 249 g/mol. The van der Waals surface area contributed by atoms with Gasteiger partial charge in [-0.25, -0.2) is 0 Å². The van der Waals surface area contributed by atoms with Gasteiger partial charge in [0.2, 0.25) is 0 Å². The van der Waals surface area contributed by atoms with E-state index in [4.69, 9.17) is 33.4 Å². The van der Waals surface area contributed by atoms with Crippen molar-refractivity contribution in [1.29, 1.82) is 0 Å². The van der Waals surface area contributed by atoms with E-state index in [1.807, 2.05) is 0 Å². The molecule has 0 bridgehead atoms. The predicted molar refractivity (Wildman–Crippen MR) is 61.3 cm³/mol. The van der Waals surface area contributed by atoms with E-state index in [0.29, 0.717) is 16.6 Å². The van der Waals surface area contributed by atoms with Crippen LogP contribution >= 0.6 is 23.2 Å². The maximum atomic E-state index is 8.85. The maximum Gasteiger partial charge on any atom is 0.0607 e. The number of halogens is 2. The van der Waals surface area contributed by atoms with Crippen molar-refractivity contribution in [2.45, 2.75) is 12.6 Å². The average molecular weight is 250 g/mol. The molecule has 0 saturated heterocycles. The van der Waals surface area contributed by atoms with Crippen molar-refractivity contribution in [2.24, 2.45) is 0 Å². The first-order chi connectivity index (χ1) is 7.19. The Kier molecular flexibility index (Phi) is 5.36. The Morgan fingerprint density at radius 3 is 2.13 bits per heavy atom. The molecule has 84 valence electrons. The molecule has 0 saturated carbocycles. The summed E-state index contributed by atoms with van der Waals surface area (Å²) >= 11 is 11.9. The van der Waals surface area contributed by atoms with Crippen LogP contribution in [0.15, 0.2) is 18.2 Å². The summed E-state index contributed by atoms with van der Waals surface area (Å²) in [5, 5.41) is 21.8. The van der Waals surface area contributed by atoms with Gasteiger partial charge in [0.05, 0.1) is 19.3 Å². The molecule has 0 spiro atoms. The van der Waals surface area contributed by atoms with Crippen LogP contribution in [0.4, 0.5) is 0 Å². The van der Waals surface area contributed by atoms with Crippen LogP contribution in [0, 0.1) is 0 Å². The van der Waals surface area contributed by atoms with Gasteiger partial charge < -0.3 is 15.5 Å². The van der Waals surface area contributed by atoms with Crippen molar-refractivity contribution in [2.75, 3.05) is 13.2 Å². The number of nitrogens with one attached hydrogen (secondary N) is 1. The van der Waals surface area contributed by atoms with E-state index < -0.39 is 0 Å². The Hall–Kier alpha value is -0.320. The van der Waals surface area contributed by atoms with Gasteiger partial charge in [-0.15, -0.1) is 0 Å². The molecule has 5 heteroatoms. The molecule has 15 heavy (non-hydrogen) atoms. The summed E-state index contributed by atoms with van der Waals surface area (Å²) in [5.74, 6) is 0. The van der Waals surface area contributed by atoms with Crippen LogP contribution in [0.3, 0.4) is 0 Å². The van der Waals surface area contributed by atoms with E-state index in [2.05, 4.69) is 5.32 Å². The molecule has 0 amide bonds. The SMILES string of the molecule is OCC(CO)NCc1c(Cl)cccc1Cl. The lowest BCUT2D eigenvalue weighted by Crippen LogP contribution is -2.35. The van der Waals surface area contributed by atoms with Crippen molar-refractivity contribution < 1.29 is 10.2 Å². The topological polar surface area (TPSA) is 52.5 Å². The van der Waals surface area contributed by atoms with Crippen LogP contribution in [0.1, 0.15) is 5.56 Å². The molecule has 1 rings (SSSR count). The highest BCUT2D eigenvalue weighted by atomic mass is 35.5. The van der Waals surface area contributed by atoms with Crippen molar-refractivity contribution >= 4 is 23.2 Å². The second-order valence-corrected chi connectivity index (χ2v) is 3.96. The molecule has 0 heterocycles. The summed E-state index contributed by atoms with van der Waals surface area (Å²) < 4.78 is 0. The minimum atomic E-state index is -0.350. The molecule has 0 fully saturated rings. The summed E-state index contributed by atoms with van der Waals surface area (Å²) in [4.78, 5) is 0. The largest absolute Gasteiger partial charge is 0.395 e. The molecule has 3 nitrogen and oxygen atoms in total. The van der Waals surface area contributed by atoms with E-state index in [9.17, 15) is 0 Å². The molecule has 0 atom stereocenters. The highest BCUT2D eigenvalue weighted by molar-refractivity contribution is 6.35. The predicted octanol–water partition coefficient (Wildman–Crippen LogP) is 1.44. The Labute approximate surface area is 98.6 Å². The summed E-state index contributed by atoms with van der Waals surface area (Å²) in [5.41, 5.74) is 0.771. The molecule has 3 N–H and O–H groups in total. The van der Waals surface area contributed by atoms with Crippen molar-refractivity contribution in [1.82, 2.24) is 5.32 Å². The molecule has 0 unspecified atom stereocenters. The summed E-state index contributed by atoms with van der Waals surface area (Å²) in [6.45, 7) is 0.168. The first-order valence-electron chi connectivity index (χ1n) is 4.57. The van der Waals surface area contributed by atoms with E-state index in [1.165, 1.54) is 0 Å². The third-order valence-corrected chi connectivity index (χ3v) is 2.78. The summed E-state index contributed by atoms with van der Waals surface area (Å²) in [6, 6.07) is 4.91. The Balaban J connectivity index is 2.64. The van der Waals surface area contributed by atoms with Crippen LogP contribution in [-0.4, -0.2) is 29.5 Å². The zero-order chi connectivity index (χ0) is 11.3. The first kappa shape index (κ1) is 12.7. The molecule has 1 aromatic rings. The van der Waals surface area contributed by atoms with E-state index in [1.54, 1.807) is 18.2 Å². The van der Waals surface area contributed by atoms with Crippen molar-refractivity contribution in [3.63, 3.8) is 0 Å². The number of aliphatic hydroxyl groups excluding tert-OH is 2. The third kappa shape index (κ3) is 3.63. The highest BCUT2D eigenvalue weighted by Crippen LogP contribution is 2.23. The minimum absolute atomic E-state index is 0.126. The molecule has 1 aromatic carbocycles. The molecular formula is C10H13Cl2NO2. The van der Waals surface area contributed by atoms with Crippen LogP contribution < -0.4 is 5.32 Å². The average Bonchev–Trinajstić information content (AvgIpc) is 2.23. The van der Waals surface area contributed by atoms with Gasteiger partial charge in [0.1, 0.15) is 0 Å². The lowest BCUT2D eigenvalue weighted by atomic mass is 10.2. The standard InChI is InChI=1S/C10H13Cl2NO2/c11-9-2-1-3-10(12)8(9)4-13-7(5-14)6-15/h1-3,7,13-15H,4-6H2. The first-order valence-corrected chi connectivity index (χ1v) is 5.32. The molecule has 0 aromatic heterocycles. The maximum absolute atomic E-state index is 8.85. The van der Waals surface area contributed by atoms with Gasteiger partial charge in [-0.1, -0.05) is 29.3 Å². The fourth-order valence-corrected chi connectivity index (χ4v) is 1.67.